The van der Waals surface area contributed by atoms with Crippen molar-refractivity contribution in [3.05, 3.63) is 35.1 Å². The molecule has 0 radical (unpaired) electrons. The minimum absolute atomic E-state index is 0.218. The first-order valence-electron chi connectivity index (χ1n) is 4.56. The van der Waals surface area contributed by atoms with Crippen LogP contribution in [0.2, 0.25) is 0 Å². The fourth-order valence-corrected chi connectivity index (χ4v) is 1.51. The summed E-state index contributed by atoms with van der Waals surface area (Å²) in [6.07, 6.45) is 2.29. The Balaban J connectivity index is 2.23. The molecule has 0 atom stereocenters. The summed E-state index contributed by atoms with van der Waals surface area (Å²) in [5.41, 5.74) is 1.46. The molecule has 70 valence electrons. The summed E-state index contributed by atoms with van der Waals surface area (Å²) in [5, 5.41) is 9.68. The summed E-state index contributed by atoms with van der Waals surface area (Å²) in [7, 11) is 0. The summed E-state index contributed by atoms with van der Waals surface area (Å²) in [6.45, 7) is 1.94. The van der Waals surface area contributed by atoms with Crippen LogP contribution in [0.5, 0.6) is 0 Å². The molecule has 0 amide bonds. The standard InChI is InChI=1S/C11H13FO/c1-8-2-3-10(12)6-9(8)7-11(13)4-5-11/h2-3,6,13H,4-5,7H2,1H3. The Hall–Kier alpha value is -0.890. The van der Waals surface area contributed by atoms with Crippen molar-refractivity contribution in [1.82, 2.24) is 0 Å². The summed E-state index contributed by atoms with van der Waals surface area (Å²) >= 11 is 0. The van der Waals surface area contributed by atoms with Gasteiger partial charge in [-0.3, -0.25) is 0 Å². The van der Waals surface area contributed by atoms with E-state index in [4.69, 9.17) is 0 Å². The largest absolute Gasteiger partial charge is 0.390 e. The van der Waals surface area contributed by atoms with E-state index in [1.165, 1.54) is 12.1 Å². The van der Waals surface area contributed by atoms with Crippen LogP contribution >= 0.6 is 0 Å². The van der Waals surface area contributed by atoms with Crippen LogP contribution in [0.4, 0.5) is 4.39 Å². The van der Waals surface area contributed by atoms with E-state index in [1.807, 2.05) is 6.92 Å². The fourth-order valence-electron chi connectivity index (χ4n) is 1.51. The van der Waals surface area contributed by atoms with Gasteiger partial charge < -0.3 is 5.11 Å². The molecule has 0 heterocycles. The van der Waals surface area contributed by atoms with E-state index in [0.717, 1.165) is 24.0 Å². The maximum Gasteiger partial charge on any atom is 0.123 e. The van der Waals surface area contributed by atoms with Crippen molar-refractivity contribution in [3.63, 3.8) is 0 Å². The second-order valence-electron chi connectivity index (χ2n) is 3.97. The number of aryl methyl sites for hydroxylation is 1. The number of hydrogen-bond acceptors (Lipinski definition) is 1. The van der Waals surface area contributed by atoms with Crippen molar-refractivity contribution >= 4 is 0 Å². The Morgan fingerprint density at radius 2 is 2.15 bits per heavy atom. The SMILES string of the molecule is Cc1ccc(F)cc1CC1(O)CC1. The Kier molecular flexibility index (Phi) is 1.88. The maximum absolute atomic E-state index is 12.9. The quantitative estimate of drug-likeness (QED) is 0.739. The first-order chi connectivity index (χ1) is 6.09. The highest BCUT2D eigenvalue weighted by molar-refractivity contribution is 5.29. The lowest BCUT2D eigenvalue weighted by atomic mass is 10.0. The third-order valence-corrected chi connectivity index (χ3v) is 2.66. The van der Waals surface area contributed by atoms with Crippen LogP contribution in [0.25, 0.3) is 0 Å². The molecule has 0 aliphatic heterocycles. The van der Waals surface area contributed by atoms with Crippen molar-refractivity contribution in [3.8, 4) is 0 Å². The van der Waals surface area contributed by atoms with Gasteiger partial charge in [-0.2, -0.15) is 0 Å². The molecule has 1 N–H and O–H groups in total. The van der Waals surface area contributed by atoms with Crippen LogP contribution in [0.3, 0.4) is 0 Å². The maximum atomic E-state index is 12.9. The van der Waals surface area contributed by atoms with Crippen molar-refractivity contribution in [2.24, 2.45) is 0 Å². The second-order valence-corrected chi connectivity index (χ2v) is 3.97. The van der Waals surface area contributed by atoms with Crippen LogP contribution in [0.1, 0.15) is 24.0 Å². The van der Waals surface area contributed by atoms with Gasteiger partial charge in [0, 0.05) is 6.42 Å². The van der Waals surface area contributed by atoms with Gasteiger partial charge in [0.25, 0.3) is 0 Å². The highest BCUT2D eigenvalue weighted by atomic mass is 19.1. The lowest BCUT2D eigenvalue weighted by Crippen LogP contribution is -2.11. The van der Waals surface area contributed by atoms with E-state index in [2.05, 4.69) is 0 Å². The molecule has 1 aromatic rings. The zero-order chi connectivity index (χ0) is 9.47. The van der Waals surface area contributed by atoms with Crippen molar-refractivity contribution in [1.29, 1.82) is 0 Å². The van der Waals surface area contributed by atoms with Crippen LogP contribution < -0.4 is 0 Å². The van der Waals surface area contributed by atoms with Crippen molar-refractivity contribution in [2.75, 3.05) is 0 Å². The molecule has 0 bridgehead atoms. The number of halogens is 1. The first kappa shape index (κ1) is 8.70. The molecule has 1 fully saturated rings. The lowest BCUT2D eigenvalue weighted by molar-refractivity contribution is 0.150. The average Bonchev–Trinajstić information content (AvgIpc) is 2.76. The predicted octanol–water partition coefficient (Wildman–Crippen LogP) is 2.20. The second kappa shape index (κ2) is 2.81. The molecule has 1 saturated carbocycles. The van der Waals surface area contributed by atoms with Gasteiger partial charge in [-0.25, -0.2) is 4.39 Å². The van der Waals surface area contributed by atoms with E-state index in [1.54, 1.807) is 6.07 Å². The summed E-state index contributed by atoms with van der Waals surface area (Å²) in [5.74, 6) is -0.218. The number of rotatable bonds is 2. The van der Waals surface area contributed by atoms with Crippen LogP contribution in [0, 0.1) is 12.7 Å². The van der Waals surface area contributed by atoms with E-state index in [-0.39, 0.29) is 5.82 Å². The molecule has 1 nitrogen and oxygen atoms in total. The smallest absolute Gasteiger partial charge is 0.123 e. The van der Waals surface area contributed by atoms with E-state index in [9.17, 15) is 9.50 Å². The Labute approximate surface area is 77.2 Å². The molecular weight excluding hydrogens is 167 g/mol. The number of benzene rings is 1. The summed E-state index contributed by atoms with van der Waals surface area (Å²) < 4.78 is 12.9. The van der Waals surface area contributed by atoms with Crippen molar-refractivity contribution in [2.45, 2.75) is 31.8 Å². The predicted molar refractivity (Wildman–Crippen MR) is 49.0 cm³/mol. The Morgan fingerprint density at radius 1 is 1.46 bits per heavy atom. The summed E-state index contributed by atoms with van der Waals surface area (Å²) in [6, 6.07) is 4.73. The van der Waals surface area contributed by atoms with Crippen molar-refractivity contribution < 1.29 is 9.50 Å². The van der Waals surface area contributed by atoms with E-state index < -0.39 is 5.60 Å². The van der Waals surface area contributed by atoms with Crippen LogP contribution in [-0.4, -0.2) is 10.7 Å². The molecule has 13 heavy (non-hydrogen) atoms. The molecule has 2 heteroatoms. The normalized spacial score (nSPS) is 18.7. The highest BCUT2D eigenvalue weighted by Gasteiger charge is 2.40. The number of hydrogen-bond donors (Lipinski definition) is 1. The zero-order valence-corrected chi connectivity index (χ0v) is 7.68. The van der Waals surface area contributed by atoms with Gasteiger partial charge in [0.05, 0.1) is 5.60 Å². The lowest BCUT2D eigenvalue weighted by Gasteiger charge is -2.10. The molecule has 0 unspecified atom stereocenters. The van der Waals surface area contributed by atoms with Gasteiger partial charge in [0.2, 0.25) is 0 Å². The monoisotopic (exact) mass is 180 g/mol. The van der Waals surface area contributed by atoms with Gasteiger partial charge in [0.15, 0.2) is 0 Å². The minimum atomic E-state index is -0.529. The minimum Gasteiger partial charge on any atom is -0.390 e. The highest BCUT2D eigenvalue weighted by Crippen LogP contribution is 2.38. The summed E-state index contributed by atoms with van der Waals surface area (Å²) in [4.78, 5) is 0. The topological polar surface area (TPSA) is 20.2 Å². The first-order valence-corrected chi connectivity index (χ1v) is 4.56. The molecular formula is C11H13FO. The molecule has 2 rings (SSSR count). The van der Waals surface area contributed by atoms with Gasteiger partial charge in [0.1, 0.15) is 5.82 Å². The molecule has 1 aromatic carbocycles. The van der Waals surface area contributed by atoms with Crippen LogP contribution in [0.15, 0.2) is 18.2 Å². The van der Waals surface area contributed by atoms with Gasteiger partial charge in [-0.05, 0) is 43.0 Å². The molecule has 1 aliphatic carbocycles. The third-order valence-electron chi connectivity index (χ3n) is 2.66. The van der Waals surface area contributed by atoms with Crippen LogP contribution in [-0.2, 0) is 6.42 Å². The molecule has 0 aromatic heterocycles. The number of aliphatic hydroxyl groups is 1. The molecule has 0 saturated heterocycles. The third kappa shape index (κ3) is 1.89. The molecule has 0 spiro atoms. The van der Waals surface area contributed by atoms with Gasteiger partial charge >= 0.3 is 0 Å². The van der Waals surface area contributed by atoms with Gasteiger partial charge in [-0.15, -0.1) is 0 Å². The zero-order valence-electron chi connectivity index (χ0n) is 7.68. The average molecular weight is 180 g/mol. The fraction of sp³-hybridized carbons (Fsp3) is 0.455. The Bertz CT molecular complexity index is 329. The van der Waals surface area contributed by atoms with E-state index in [0.29, 0.717) is 6.42 Å². The Morgan fingerprint density at radius 3 is 2.77 bits per heavy atom. The van der Waals surface area contributed by atoms with E-state index >= 15 is 0 Å². The molecule has 1 aliphatic rings. The van der Waals surface area contributed by atoms with Gasteiger partial charge in [-0.1, -0.05) is 6.07 Å².